The number of aromatic amines is 1. The number of carboxylic acid groups (broad SMARTS) is 1. The lowest BCUT2D eigenvalue weighted by molar-refractivity contribution is 0.0697. The lowest BCUT2D eigenvalue weighted by atomic mass is 9.85. The van der Waals surface area contributed by atoms with Gasteiger partial charge in [0.2, 0.25) is 0 Å². The molecule has 0 spiro atoms. The molecular weight excluding hydrogens is 340 g/mol. The molecule has 5 nitrogen and oxygen atoms in total. The third kappa shape index (κ3) is 4.03. The Morgan fingerprint density at radius 3 is 2.37 bits per heavy atom. The number of imidazole rings is 1. The third-order valence-electron chi connectivity index (χ3n) is 4.38. The van der Waals surface area contributed by atoms with E-state index in [1.807, 2.05) is 19.1 Å². The molecule has 0 saturated heterocycles. The van der Waals surface area contributed by atoms with Gasteiger partial charge in [0.15, 0.2) is 0 Å². The van der Waals surface area contributed by atoms with E-state index in [0.29, 0.717) is 12.4 Å². The highest BCUT2D eigenvalue weighted by molar-refractivity contribution is 5.88. The van der Waals surface area contributed by atoms with Gasteiger partial charge >= 0.3 is 5.97 Å². The number of nitrogens with one attached hydrogen (secondary N) is 1. The van der Waals surface area contributed by atoms with Crippen LogP contribution in [0.4, 0.5) is 0 Å². The number of benzene rings is 2. The fourth-order valence-electron chi connectivity index (χ4n) is 2.95. The van der Waals surface area contributed by atoms with Gasteiger partial charge in [-0.15, -0.1) is 0 Å². The van der Waals surface area contributed by atoms with Crippen molar-refractivity contribution in [3.05, 3.63) is 59.8 Å². The smallest absolute Gasteiger partial charge is 0.335 e. The molecule has 5 heteroatoms. The highest BCUT2D eigenvalue weighted by atomic mass is 16.5. The Kier molecular flexibility index (Phi) is 5.04. The predicted molar refractivity (Wildman–Crippen MR) is 106 cm³/mol. The summed E-state index contributed by atoms with van der Waals surface area (Å²) in [6, 6.07) is 12.8. The van der Waals surface area contributed by atoms with Gasteiger partial charge in [0.1, 0.15) is 11.6 Å². The number of rotatable bonds is 5. The predicted octanol–water partition coefficient (Wildman–Crippen LogP) is 5.14. The van der Waals surface area contributed by atoms with Crippen LogP contribution in [0.3, 0.4) is 0 Å². The fourth-order valence-corrected chi connectivity index (χ4v) is 2.95. The maximum Gasteiger partial charge on any atom is 0.335 e. The second-order valence-electron chi connectivity index (χ2n) is 7.42. The van der Waals surface area contributed by atoms with Crippen molar-refractivity contribution in [3.63, 3.8) is 0 Å². The Hall–Kier alpha value is -3.08. The summed E-state index contributed by atoms with van der Waals surface area (Å²) >= 11 is 0. The molecule has 2 aromatic carbocycles. The van der Waals surface area contributed by atoms with Gasteiger partial charge in [0.05, 0.1) is 24.1 Å². The van der Waals surface area contributed by atoms with Gasteiger partial charge in [-0.3, -0.25) is 0 Å². The summed E-state index contributed by atoms with van der Waals surface area (Å²) in [7, 11) is 0. The summed E-state index contributed by atoms with van der Waals surface area (Å²) in [6.45, 7) is 9.10. The van der Waals surface area contributed by atoms with Gasteiger partial charge in [-0.25, -0.2) is 9.78 Å². The van der Waals surface area contributed by atoms with E-state index in [-0.39, 0.29) is 11.0 Å². The normalized spacial score (nSPS) is 11.4. The maximum atomic E-state index is 11.0. The van der Waals surface area contributed by atoms with Crippen molar-refractivity contribution in [1.82, 2.24) is 9.97 Å². The molecule has 0 amide bonds. The fraction of sp³-hybridized carbons (Fsp3) is 0.273. The molecule has 0 aliphatic carbocycles. The molecule has 0 saturated carbocycles. The van der Waals surface area contributed by atoms with Crippen molar-refractivity contribution in [1.29, 1.82) is 0 Å². The van der Waals surface area contributed by atoms with Crippen LogP contribution in [0.1, 0.15) is 43.6 Å². The van der Waals surface area contributed by atoms with Crippen LogP contribution in [-0.4, -0.2) is 27.7 Å². The van der Waals surface area contributed by atoms with Crippen LogP contribution < -0.4 is 4.74 Å². The highest BCUT2D eigenvalue weighted by Crippen LogP contribution is 2.35. The first-order valence-electron chi connectivity index (χ1n) is 8.96. The van der Waals surface area contributed by atoms with Gasteiger partial charge in [0, 0.05) is 16.7 Å². The minimum Gasteiger partial charge on any atom is -0.494 e. The number of hydrogen-bond acceptors (Lipinski definition) is 3. The van der Waals surface area contributed by atoms with Crippen LogP contribution in [0.25, 0.3) is 22.6 Å². The zero-order valence-corrected chi connectivity index (χ0v) is 16.0. The first kappa shape index (κ1) is 18.7. The summed E-state index contributed by atoms with van der Waals surface area (Å²) in [6.07, 6.45) is 1.79. The second-order valence-corrected chi connectivity index (χ2v) is 7.42. The van der Waals surface area contributed by atoms with Gasteiger partial charge in [-0.2, -0.15) is 0 Å². The van der Waals surface area contributed by atoms with Crippen LogP contribution >= 0.6 is 0 Å². The van der Waals surface area contributed by atoms with E-state index in [2.05, 4.69) is 36.8 Å². The Bertz CT molecular complexity index is 950. The summed E-state index contributed by atoms with van der Waals surface area (Å²) in [4.78, 5) is 18.8. The molecule has 0 fully saturated rings. The minimum atomic E-state index is -0.939. The van der Waals surface area contributed by atoms with Gasteiger partial charge in [0.25, 0.3) is 0 Å². The summed E-state index contributed by atoms with van der Waals surface area (Å²) in [5.74, 6) is 0.664. The first-order chi connectivity index (χ1) is 12.8. The number of ether oxygens (including phenoxy) is 1. The Morgan fingerprint density at radius 2 is 1.78 bits per heavy atom. The van der Waals surface area contributed by atoms with E-state index in [0.717, 1.165) is 28.1 Å². The molecule has 0 radical (unpaired) electrons. The van der Waals surface area contributed by atoms with Crippen molar-refractivity contribution in [3.8, 4) is 28.4 Å². The molecule has 0 bridgehead atoms. The van der Waals surface area contributed by atoms with Crippen LogP contribution in [0, 0.1) is 0 Å². The van der Waals surface area contributed by atoms with E-state index in [4.69, 9.17) is 9.84 Å². The number of hydrogen-bond donors (Lipinski definition) is 2. The molecule has 1 aromatic heterocycles. The van der Waals surface area contributed by atoms with Crippen LogP contribution in [0.15, 0.2) is 48.7 Å². The van der Waals surface area contributed by atoms with Crippen LogP contribution in [-0.2, 0) is 5.41 Å². The Morgan fingerprint density at radius 1 is 1.11 bits per heavy atom. The lowest BCUT2D eigenvalue weighted by Crippen LogP contribution is -2.13. The van der Waals surface area contributed by atoms with Gasteiger partial charge in [-0.05, 0) is 42.7 Å². The largest absolute Gasteiger partial charge is 0.494 e. The zero-order valence-electron chi connectivity index (χ0n) is 16.0. The summed E-state index contributed by atoms with van der Waals surface area (Å²) in [5, 5.41) is 9.02. The molecule has 0 atom stereocenters. The Balaban J connectivity index is 1.95. The topological polar surface area (TPSA) is 75.2 Å². The number of carboxylic acids is 1. The molecule has 3 aromatic rings. The average Bonchev–Trinajstić information content (AvgIpc) is 3.11. The van der Waals surface area contributed by atoms with Gasteiger partial charge in [-0.1, -0.05) is 32.9 Å². The maximum absolute atomic E-state index is 11.0. The first-order valence-corrected chi connectivity index (χ1v) is 8.96. The molecule has 0 aliphatic rings. The molecule has 27 heavy (non-hydrogen) atoms. The molecule has 0 unspecified atom stereocenters. The monoisotopic (exact) mass is 364 g/mol. The number of aromatic nitrogens is 2. The molecule has 140 valence electrons. The molecule has 0 aliphatic heterocycles. The SMILES string of the molecule is CCOc1ccc(-c2cnc(-c3ccc(C(=O)O)cc3)[nH]2)cc1C(C)(C)C. The highest BCUT2D eigenvalue weighted by Gasteiger charge is 2.20. The quantitative estimate of drug-likeness (QED) is 0.657. The second kappa shape index (κ2) is 7.27. The van der Waals surface area contributed by atoms with Crippen molar-refractivity contribution < 1.29 is 14.6 Å². The van der Waals surface area contributed by atoms with Crippen LogP contribution in [0.5, 0.6) is 5.75 Å². The van der Waals surface area contributed by atoms with E-state index in [1.54, 1.807) is 30.5 Å². The van der Waals surface area contributed by atoms with E-state index < -0.39 is 5.97 Å². The van der Waals surface area contributed by atoms with Crippen LogP contribution in [0.2, 0.25) is 0 Å². The van der Waals surface area contributed by atoms with E-state index >= 15 is 0 Å². The standard InChI is InChI=1S/C22H24N2O3/c1-5-27-19-11-10-16(12-17(19)22(2,3)4)18-13-23-20(24-18)14-6-8-15(9-7-14)21(25)26/h6-13H,5H2,1-4H3,(H,23,24)(H,25,26). The number of carbonyl (C=O) groups is 1. The zero-order chi connectivity index (χ0) is 19.6. The van der Waals surface area contributed by atoms with E-state index in [9.17, 15) is 4.79 Å². The lowest BCUT2D eigenvalue weighted by Gasteiger charge is -2.23. The van der Waals surface area contributed by atoms with Crippen molar-refractivity contribution in [2.45, 2.75) is 33.1 Å². The number of nitrogens with zero attached hydrogens (tertiary/aromatic N) is 1. The van der Waals surface area contributed by atoms with Crippen molar-refractivity contribution >= 4 is 5.97 Å². The Labute approximate surface area is 159 Å². The minimum absolute atomic E-state index is 0.0456. The molecule has 3 rings (SSSR count). The number of aromatic carboxylic acids is 1. The molecule has 2 N–H and O–H groups in total. The summed E-state index contributed by atoms with van der Waals surface area (Å²) in [5.41, 5.74) is 4.13. The molecule has 1 heterocycles. The number of H-pyrrole nitrogens is 1. The average molecular weight is 364 g/mol. The molecular formula is C22H24N2O3. The third-order valence-corrected chi connectivity index (χ3v) is 4.38. The van der Waals surface area contributed by atoms with E-state index in [1.165, 1.54) is 0 Å². The summed E-state index contributed by atoms with van der Waals surface area (Å²) < 4.78 is 5.79. The van der Waals surface area contributed by atoms with Gasteiger partial charge < -0.3 is 14.8 Å². The van der Waals surface area contributed by atoms with Crippen molar-refractivity contribution in [2.75, 3.05) is 6.61 Å². The van der Waals surface area contributed by atoms with Crippen molar-refractivity contribution in [2.24, 2.45) is 0 Å².